The molecular weight excluding hydrogens is 478 g/mol. The van der Waals surface area contributed by atoms with E-state index in [9.17, 15) is 14.7 Å². The van der Waals surface area contributed by atoms with Crippen molar-refractivity contribution in [3.63, 3.8) is 0 Å². The zero-order valence-corrected chi connectivity index (χ0v) is 23.2. The van der Waals surface area contributed by atoms with E-state index < -0.39 is 6.10 Å². The zero-order valence-electron chi connectivity index (χ0n) is 23.2. The van der Waals surface area contributed by atoms with Crippen molar-refractivity contribution in [1.29, 1.82) is 0 Å². The monoisotopic (exact) mass is 521 g/mol. The van der Waals surface area contributed by atoms with Crippen LogP contribution in [0.1, 0.15) is 67.2 Å². The van der Waals surface area contributed by atoms with E-state index in [1.165, 1.54) is 17.7 Å². The van der Waals surface area contributed by atoms with Gasteiger partial charge in [-0.1, -0.05) is 45.0 Å². The lowest BCUT2D eigenvalue weighted by molar-refractivity contribution is -0.0471. The summed E-state index contributed by atoms with van der Waals surface area (Å²) in [6.45, 7) is 12.5. The van der Waals surface area contributed by atoms with E-state index in [4.69, 9.17) is 4.74 Å². The third kappa shape index (κ3) is 5.96. The molecule has 1 saturated heterocycles. The molecule has 7 heteroatoms. The molecule has 7 nitrogen and oxygen atoms in total. The Morgan fingerprint density at radius 1 is 0.868 bits per heavy atom. The summed E-state index contributed by atoms with van der Waals surface area (Å²) in [7, 11) is 0. The average molecular weight is 522 g/mol. The number of aliphatic hydroxyl groups is 1. The summed E-state index contributed by atoms with van der Waals surface area (Å²) >= 11 is 0. The van der Waals surface area contributed by atoms with Crippen LogP contribution < -0.4 is 0 Å². The van der Waals surface area contributed by atoms with Gasteiger partial charge in [0.25, 0.3) is 11.8 Å². The number of β-amino-alcohol motifs (C(OH)–C–C–N with tert-alkyl or cyclic N) is 1. The number of ether oxygens (including phenoxy) is 1. The second-order valence-corrected chi connectivity index (χ2v) is 12.4. The molecule has 0 bridgehead atoms. The Kier molecular flexibility index (Phi) is 8.19. The topological polar surface area (TPSA) is 73.3 Å². The Labute approximate surface area is 226 Å². The minimum atomic E-state index is -0.478. The van der Waals surface area contributed by atoms with Gasteiger partial charge in [-0.05, 0) is 54.5 Å². The lowest BCUT2D eigenvalue weighted by Gasteiger charge is -2.38. The highest BCUT2D eigenvalue weighted by Gasteiger charge is 2.33. The maximum Gasteiger partial charge on any atom is 0.261 e. The van der Waals surface area contributed by atoms with Crippen LogP contribution in [-0.2, 0) is 4.74 Å². The van der Waals surface area contributed by atoms with Gasteiger partial charge >= 0.3 is 0 Å². The second kappa shape index (κ2) is 11.4. The fraction of sp³-hybridized carbons (Fsp3) is 0.613. The predicted octanol–water partition coefficient (Wildman–Crippen LogP) is 4.04. The van der Waals surface area contributed by atoms with E-state index in [1.54, 1.807) is 0 Å². The molecule has 1 aliphatic carbocycles. The van der Waals surface area contributed by atoms with Gasteiger partial charge in [-0.25, -0.2) is 0 Å². The number of benzene rings is 2. The number of nitrogens with zero attached hydrogens (tertiary/aromatic N) is 3. The normalized spacial score (nSPS) is 24.3. The highest BCUT2D eigenvalue weighted by molar-refractivity contribution is 6.25. The molecule has 2 fully saturated rings. The standard InChI is InChI=1S/C31H43N3O4/c1-31(2,3)23-10-12-25(13-11-23)38-21-24(35)20-33-16-14-32(15-17-33)18-19-34-29(36)26-8-4-6-22-7-5-9-27(28(22)26)30(34)37/h4-9,23-25,35H,10-21H2,1-3H3/t23?,24-,25?/m0/s1. The molecule has 1 atom stereocenters. The Hall–Kier alpha value is -2.32. The largest absolute Gasteiger partial charge is 0.389 e. The maximum atomic E-state index is 13.1. The van der Waals surface area contributed by atoms with Crippen molar-refractivity contribution in [2.75, 3.05) is 52.4 Å². The molecule has 0 unspecified atom stereocenters. The van der Waals surface area contributed by atoms with E-state index in [2.05, 4.69) is 30.6 Å². The summed E-state index contributed by atoms with van der Waals surface area (Å²) in [6, 6.07) is 11.3. The molecule has 2 aromatic carbocycles. The number of aliphatic hydroxyl groups excluding tert-OH is 1. The molecule has 38 heavy (non-hydrogen) atoms. The molecule has 0 spiro atoms. The van der Waals surface area contributed by atoms with Crippen LogP contribution in [0.5, 0.6) is 0 Å². The number of rotatable bonds is 8. The summed E-state index contributed by atoms with van der Waals surface area (Å²) in [6.07, 6.45) is 4.41. The first-order chi connectivity index (χ1) is 18.2. The molecule has 1 saturated carbocycles. The summed E-state index contributed by atoms with van der Waals surface area (Å²) < 4.78 is 6.08. The van der Waals surface area contributed by atoms with Crippen molar-refractivity contribution < 1.29 is 19.4 Å². The van der Waals surface area contributed by atoms with Crippen molar-refractivity contribution in [3.05, 3.63) is 47.5 Å². The molecule has 206 valence electrons. The number of imide groups is 1. The highest BCUT2D eigenvalue weighted by atomic mass is 16.5. The van der Waals surface area contributed by atoms with Crippen LogP contribution in [0.4, 0.5) is 0 Å². The van der Waals surface area contributed by atoms with Crippen molar-refractivity contribution >= 4 is 22.6 Å². The fourth-order valence-electron chi connectivity index (χ4n) is 6.41. The Morgan fingerprint density at radius 3 is 2.03 bits per heavy atom. The van der Waals surface area contributed by atoms with E-state index in [1.807, 2.05) is 36.4 Å². The summed E-state index contributed by atoms with van der Waals surface area (Å²) in [5, 5.41) is 12.3. The van der Waals surface area contributed by atoms with Crippen molar-refractivity contribution in [2.45, 2.75) is 58.7 Å². The summed E-state index contributed by atoms with van der Waals surface area (Å²) in [4.78, 5) is 32.3. The lowest BCUT2D eigenvalue weighted by Crippen LogP contribution is -2.51. The minimum absolute atomic E-state index is 0.201. The van der Waals surface area contributed by atoms with Crippen LogP contribution in [0.15, 0.2) is 36.4 Å². The number of piperazine rings is 1. The molecule has 2 aromatic rings. The highest BCUT2D eigenvalue weighted by Crippen LogP contribution is 2.38. The third-order valence-corrected chi connectivity index (χ3v) is 8.85. The molecular formula is C31H43N3O4. The Bertz CT molecular complexity index is 1090. The predicted molar refractivity (Wildman–Crippen MR) is 149 cm³/mol. The molecule has 5 rings (SSSR count). The zero-order chi connectivity index (χ0) is 26.9. The maximum absolute atomic E-state index is 13.1. The van der Waals surface area contributed by atoms with Crippen molar-refractivity contribution in [2.24, 2.45) is 11.3 Å². The summed E-state index contributed by atoms with van der Waals surface area (Å²) in [5.74, 6) is 0.362. The average Bonchev–Trinajstić information content (AvgIpc) is 2.91. The number of carbonyl (C=O) groups is 2. The van der Waals surface area contributed by atoms with E-state index in [0.717, 1.165) is 55.7 Å². The second-order valence-electron chi connectivity index (χ2n) is 12.4. The third-order valence-electron chi connectivity index (χ3n) is 8.85. The van der Waals surface area contributed by atoms with Crippen LogP contribution in [0.25, 0.3) is 10.8 Å². The SMILES string of the molecule is CC(C)(C)C1CCC(OC[C@@H](O)CN2CCN(CCN3C(=O)c4cccc5cccc(c45)C3=O)CC2)CC1. The van der Waals surface area contributed by atoms with Gasteiger partial charge in [0.2, 0.25) is 0 Å². The molecule has 1 N–H and O–H groups in total. The fourth-order valence-corrected chi connectivity index (χ4v) is 6.41. The van der Waals surface area contributed by atoms with Crippen LogP contribution in [0.3, 0.4) is 0 Å². The van der Waals surface area contributed by atoms with Crippen LogP contribution in [-0.4, -0.2) is 96.2 Å². The van der Waals surface area contributed by atoms with E-state index in [0.29, 0.717) is 42.8 Å². The van der Waals surface area contributed by atoms with Crippen molar-refractivity contribution in [1.82, 2.24) is 14.7 Å². The first-order valence-corrected chi connectivity index (χ1v) is 14.3. The Morgan fingerprint density at radius 2 is 1.45 bits per heavy atom. The molecule has 0 radical (unpaired) electrons. The number of carbonyl (C=O) groups excluding carboxylic acids is 2. The number of amides is 2. The van der Waals surface area contributed by atoms with Crippen LogP contribution in [0, 0.1) is 11.3 Å². The van der Waals surface area contributed by atoms with Gasteiger partial charge < -0.3 is 9.84 Å². The van der Waals surface area contributed by atoms with Crippen molar-refractivity contribution in [3.8, 4) is 0 Å². The molecule has 2 amide bonds. The lowest BCUT2D eigenvalue weighted by atomic mass is 9.72. The molecule has 2 aliphatic heterocycles. The molecule has 0 aromatic heterocycles. The summed E-state index contributed by atoms with van der Waals surface area (Å²) in [5.41, 5.74) is 1.59. The van der Waals surface area contributed by atoms with Gasteiger partial charge in [0.05, 0.1) is 18.8 Å². The van der Waals surface area contributed by atoms with Gasteiger partial charge in [-0.15, -0.1) is 0 Å². The van der Waals surface area contributed by atoms with Gasteiger partial charge in [-0.3, -0.25) is 24.3 Å². The minimum Gasteiger partial charge on any atom is -0.389 e. The number of hydrogen-bond donors (Lipinski definition) is 1. The van der Waals surface area contributed by atoms with Crippen LogP contribution in [0.2, 0.25) is 0 Å². The smallest absolute Gasteiger partial charge is 0.261 e. The van der Waals surface area contributed by atoms with Gasteiger partial charge in [0.15, 0.2) is 0 Å². The first-order valence-electron chi connectivity index (χ1n) is 14.3. The van der Waals surface area contributed by atoms with E-state index >= 15 is 0 Å². The first kappa shape index (κ1) is 27.3. The van der Waals surface area contributed by atoms with Gasteiger partial charge in [0.1, 0.15) is 0 Å². The number of hydrogen-bond acceptors (Lipinski definition) is 6. The Balaban J connectivity index is 1.03. The van der Waals surface area contributed by atoms with Gasteiger partial charge in [-0.2, -0.15) is 0 Å². The molecule has 3 aliphatic rings. The molecule has 2 heterocycles. The van der Waals surface area contributed by atoms with Crippen LogP contribution >= 0.6 is 0 Å². The van der Waals surface area contributed by atoms with E-state index in [-0.39, 0.29) is 17.9 Å². The quantitative estimate of drug-likeness (QED) is 0.529. The van der Waals surface area contributed by atoms with Gasteiger partial charge in [0, 0.05) is 62.3 Å².